The molecule has 2 aromatic rings. The van der Waals surface area contributed by atoms with Gasteiger partial charge in [-0.05, 0) is 42.7 Å². The molecule has 1 aliphatic carbocycles. The van der Waals surface area contributed by atoms with Gasteiger partial charge in [0.1, 0.15) is 5.76 Å². The largest absolute Gasteiger partial charge is 0.478 e. The lowest BCUT2D eigenvalue weighted by Gasteiger charge is -2.20. The smallest absolute Gasteiger partial charge is 0.335 e. The number of nitrogens with zero attached hydrogens (tertiary/aromatic N) is 1. The quantitative estimate of drug-likeness (QED) is 0.877. The Morgan fingerprint density at radius 2 is 1.95 bits per heavy atom. The lowest BCUT2D eigenvalue weighted by Crippen LogP contribution is -2.24. The maximum Gasteiger partial charge on any atom is 0.335 e. The van der Waals surface area contributed by atoms with E-state index in [1.165, 1.54) is 12.8 Å². The van der Waals surface area contributed by atoms with E-state index in [9.17, 15) is 4.79 Å². The van der Waals surface area contributed by atoms with E-state index in [0.717, 1.165) is 24.4 Å². The van der Waals surface area contributed by atoms with Crippen molar-refractivity contribution in [3.8, 4) is 0 Å². The van der Waals surface area contributed by atoms with Gasteiger partial charge in [-0.3, -0.25) is 4.90 Å². The lowest BCUT2D eigenvalue weighted by molar-refractivity contribution is 0.0697. The van der Waals surface area contributed by atoms with Crippen molar-refractivity contribution in [2.45, 2.75) is 32.0 Å². The fraction of sp³-hybridized carbons (Fsp3) is 0.312. The van der Waals surface area contributed by atoms with Crippen LogP contribution in [0.5, 0.6) is 0 Å². The minimum absolute atomic E-state index is 0.331. The third kappa shape index (κ3) is 3.08. The number of carbonyl (C=O) groups is 1. The molecule has 1 heterocycles. The number of hydrogen-bond acceptors (Lipinski definition) is 3. The molecule has 1 aliphatic rings. The van der Waals surface area contributed by atoms with Crippen molar-refractivity contribution < 1.29 is 14.3 Å². The summed E-state index contributed by atoms with van der Waals surface area (Å²) in [6, 6.07) is 11.6. The SMILES string of the molecule is O=C(O)c1ccc(CN(Cc2ccco2)C2CC2)cc1. The minimum atomic E-state index is -0.883. The number of hydrogen-bond donors (Lipinski definition) is 1. The minimum Gasteiger partial charge on any atom is -0.478 e. The molecule has 4 nitrogen and oxygen atoms in total. The fourth-order valence-corrected chi connectivity index (χ4v) is 2.34. The monoisotopic (exact) mass is 271 g/mol. The van der Waals surface area contributed by atoms with Crippen LogP contribution < -0.4 is 0 Å². The van der Waals surface area contributed by atoms with Gasteiger partial charge in [0.05, 0.1) is 18.4 Å². The van der Waals surface area contributed by atoms with Gasteiger partial charge in [0, 0.05) is 12.6 Å². The van der Waals surface area contributed by atoms with Crippen LogP contribution >= 0.6 is 0 Å². The highest BCUT2D eigenvalue weighted by Crippen LogP contribution is 2.29. The molecule has 0 saturated heterocycles. The standard InChI is InChI=1S/C16H17NO3/c18-16(19)13-5-3-12(4-6-13)10-17(14-7-8-14)11-15-2-1-9-20-15/h1-6,9,14H,7-8,10-11H2,(H,18,19). The van der Waals surface area contributed by atoms with E-state index >= 15 is 0 Å². The number of aromatic carboxylic acids is 1. The molecule has 3 rings (SSSR count). The first-order valence-electron chi connectivity index (χ1n) is 6.81. The Kier molecular flexibility index (Phi) is 3.56. The highest BCUT2D eigenvalue weighted by atomic mass is 16.4. The molecule has 0 amide bonds. The summed E-state index contributed by atoms with van der Waals surface area (Å²) in [6.07, 6.45) is 4.16. The molecule has 1 aromatic heterocycles. The molecule has 1 fully saturated rings. The number of furan rings is 1. The average Bonchev–Trinajstić information content (AvgIpc) is 3.17. The summed E-state index contributed by atoms with van der Waals surface area (Å²) < 4.78 is 5.41. The van der Waals surface area contributed by atoms with E-state index in [0.29, 0.717) is 11.6 Å². The molecule has 4 heteroatoms. The predicted molar refractivity (Wildman–Crippen MR) is 74.4 cm³/mol. The summed E-state index contributed by atoms with van der Waals surface area (Å²) >= 11 is 0. The van der Waals surface area contributed by atoms with Crippen molar-refractivity contribution >= 4 is 5.97 Å². The zero-order chi connectivity index (χ0) is 13.9. The number of carboxylic acid groups (broad SMARTS) is 1. The van der Waals surface area contributed by atoms with Crippen molar-refractivity contribution in [3.05, 3.63) is 59.5 Å². The van der Waals surface area contributed by atoms with Gasteiger partial charge < -0.3 is 9.52 Å². The van der Waals surface area contributed by atoms with E-state index in [4.69, 9.17) is 9.52 Å². The van der Waals surface area contributed by atoms with Gasteiger partial charge in [0.25, 0.3) is 0 Å². The van der Waals surface area contributed by atoms with Crippen LogP contribution in [0, 0.1) is 0 Å². The Bertz CT molecular complexity index is 570. The van der Waals surface area contributed by atoms with Crippen LogP contribution in [-0.2, 0) is 13.1 Å². The van der Waals surface area contributed by atoms with Crippen LogP contribution in [0.15, 0.2) is 47.1 Å². The molecule has 0 spiro atoms. The van der Waals surface area contributed by atoms with Crippen molar-refractivity contribution in [1.82, 2.24) is 4.90 Å². The third-order valence-electron chi connectivity index (χ3n) is 3.59. The van der Waals surface area contributed by atoms with Gasteiger partial charge in [-0.25, -0.2) is 4.79 Å². The first-order chi connectivity index (χ1) is 9.72. The van der Waals surface area contributed by atoms with Crippen molar-refractivity contribution in [2.24, 2.45) is 0 Å². The predicted octanol–water partition coefficient (Wildman–Crippen LogP) is 3.14. The van der Waals surface area contributed by atoms with Crippen LogP contribution in [0.2, 0.25) is 0 Å². The molecule has 1 saturated carbocycles. The molecule has 0 radical (unpaired) electrons. The Morgan fingerprint density at radius 1 is 1.20 bits per heavy atom. The second-order valence-electron chi connectivity index (χ2n) is 5.22. The number of carboxylic acids is 1. The summed E-state index contributed by atoms with van der Waals surface area (Å²) in [6.45, 7) is 1.63. The Morgan fingerprint density at radius 3 is 2.50 bits per heavy atom. The van der Waals surface area contributed by atoms with Gasteiger partial charge in [-0.15, -0.1) is 0 Å². The second-order valence-corrected chi connectivity index (χ2v) is 5.22. The van der Waals surface area contributed by atoms with E-state index in [-0.39, 0.29) is 0 Å². The number of rotatable bonds is 6. The zero-order valence-electron chi connectivity index (χ0n) is 11.2. The van der Waals surface area contributed by atoms with Crippen molar-refractivity contribution in [2.75, 3.05) is 0 Å². The fourth-order valence-electron chi connectivity index (χ4n) is 2.34. The van der Waals surface area contributed by atoms with E-state index in [1.54, 1.807) is 18.4 Å². The number of benzene rings is 1. The van der Waals surface area contributed by atoms with Gasteiger partial charge >= 0.3 is 5.97 Å². The van der Waals surface area contributed by atoms with Crippen LogP contribution in [0.1, 0.15) is 34.5 Å². The molecule has 0 unspecified atom stereocenters. The summed E-state index contributed by atoms with van der Waals surface area (Å²) in [4.78, 5) is 13.2. The van der Waals surface area contributed by atoms with Gasteiger partial charge in [0.15, 0.2) is 0 Å². The summed E-state index contributed by atoms with van der Waals surface area (Å²) in [5.74, 6) is 0.0882. The second kappa shape index (κ2) is 5.51. The maximum absolute atomic E-state index is 10.8. The van der Waals surface area contributed by atoms with Gasteiger partial charge in [-0.2, -0.15) is 0 Å². The average molecular weight is 271 g/mol. The topological polar surface area (TPSA) is 53.7 Å². The molecular weight excluding hydrogens is 254 g/mol. The molecule has 0 bridgehead atoms. The van der Waals surface area contributed by atoms with Crippen LogP contribution in [0.4, 0.5) is 0 Å². The first kappa shape index (κ1) is 12.9. The molecule has 20 heavy (non-hydrogen) atoms. The highest BCUT2D eigenvalue weighted by molar-refractivity contribution is 5.87. The van der Waals surface area contributed by atoms with Gasteiger partial charge in [0.2, 0.25) is 0 Å². The first-order valence-corrected chi connectivity index (χ1v) is 6.81. The van der Waals surface area contributed by atoms with Gasteiger partial charge in [-0.1, -0.05) is 12.1 Å². The summed E-state index contributed by atoms with van der Waals surface area (Å²) in [7, 11) is 0. The van der Waals surface area contributed by atoms with E-state index < -0.39 is 5.97 Å². The molecule has 104 valence electrons. The Hall–Kier alpha value is -2.07. The van der Waals surface area contributed by atoms with Crippen LogP contribution in [-0.4, -0.2) is 22.0 Å². The van der Waals surface area contributed by atoms with Crippen LogP contribution in [0.25, 0.3) is 0 Å². The van der Waals surface area contributed by atoms with E-state index in [1.807, 2.05) is 24.3 Å². The summed E-state index contributed by atoms with van der Waals surface area (Å²) in [5.41, 5.74) is 1.46. The molecule has 1 aromatic carbocycles. The normalized spacial score (nSPS) is 14.7. The third-order valence-corrected chi connectivity index (χ3v) is 3.59. The summed E-state index contributed by atoms with van der Waals surface area (Å²) in [5, 5.41) is 8.90. The Labute approximate surface area is 117 Å². The van der Waals surface area contributed by atoms with Crippen molar-refractivity contribution in [1.29, 1.82) is 0 Å². The zero-order valence-corrected chi connectivity index (χ0v) is 11.2. The molecule has 0 aliphatic heterocycles. The molecule has 1 N–H and O–H groups in total. The Balaban J connectivity index is 1.68. The maximum atomic E-state index is 10.8. The highest BCUT2D eigenvalue weighted by Gasteiger charge is 2.29. The molecule has 0 atom stereocenters. The van der Waals surface area contributed by atoms with Crippen molar-refractivity contribution in [3.63, 3.8) is 0 Å². The molecular formula is C16H17NO3. The van der Waals surface area contributed by atoms with Crippen LogP contribution in [0.3, 0.4) is 0 Å². The lowest BCUT2D eigenvalue weighted by atomic mass is 10.1. The van der Waals surface area contributed by atoms with E-state index in [2.05, 4.69) is 4.90 Å².